The number of nitrogens with zero attached hydrogens (tertiary/aromatic N) is 6. The summed E-state index contributed by atoms with van der Waals surface area (Å²) in [6.45, 7) is 1.94. The van der Waals surface area contributed by atoms with Crippen LogP contribution < -0.4 is 4.90 Å². The van der Waals surface area contributed by atoms with Gasteiger partial charge in [-0.2, -0.15) is 0 Å². The highest BCUT2D eigenvalue weighted by atomic mass is 35.5. The molecule has 9 heteroatoms. The molecule has 0 saturated carbocycles. The molecule has 0 N–H and O–H groups in total. The summed E-state index contributed by atoms with van der Waals surface area (Å²) < 4.78 is 7.85. The van der Waals surface area contributed by atoms with Gasteiger partial charge in [-0.15, -0.1) is 20.4 Å². The molecule has 0 amide bonds. The Labute approximate surface area is 183 Å². The molecule has 0 bridgehead atoms. The Morgan fingerprint density at radius 3 is 2.47 bits per heavy atom. The summed E-state index contributed by atoms with van der Waals surface area (Å²) in [5.41, 5.74) is 1.76. The number of rotatable bonds is 6. The fourth-order valence-electron chi connectivity index (χ4n) is 3.46. The smallest absolute Gasteiger partial charge is 0.247 e. The van der Waals surface area contributed by atoms with Crippen molar-refractivity contribution in [2.24, 2.45) is 0 Å². The maximum atomic E-state index is 6.51. The zero-order valence-corrected chi connectivity index (χ0v) is 17.7. The van der Waals surface area contributed by atoms with E-state index in [4.69, 9.17) is 16.0 Å². The van der Waals surface area contributed by atoms with Crippen LogP contribution in [-0.2, 0) is 5.75 Å². The van der Waals surface area contributed by atoms with Crippen molar-refractivity contribution in [3.05, 3.63) is 65.5 Å². The van der Waals surface area contributed by atoms with Crippen molar-refractivity contribution in [2.45, 2.75) is 23.8 Å². The minimum Gasteiger partial charge on any atom is -0.420 e. The quantitative estimate of drug-likeness (QED) is 0.398. The van der Waals surface area contributed by atoms with Crippen LogP contribution in [0, 0.1) is 0 Å². The minimum absolute atomic E-state index is 0.489. The van der Waals surface area contributed by atoms with E-state index in [0.29, 0.717) is 22.6 Å². The van der Waals surface area contributed by atoms with Crippen LogP contribution in [0.5, 0.6) is 0 Å². The van der Waals surface area contributed by atoms with Gasteiger partial charge >= 0.3 is 0 Å². The average Bonchev–Trinajstić information content (AvgIpc) is 3.53. The molecule has 0 aliphatic carbocycles. The van der Waals surface area contributed by atoms with E-state index in [1.54, 1.807) is 0 Å². The number of anilines is 1. The topological polar surface area (TPSA) is 72.9 Å². The van der Waals surface area contributed by atoms with E-state index in [9.17, 15) is 0 Å². The van der Waals surface area contributed by atoms with Gasteiger partial charge in [-0.1, -0.05) is 53.7 Å². The molecule has 1 fully saturated rings. The molecule has 2 aromatic heterocycles. The molecule has 0 unspecified atom stereocenters. The number of hydrogen-bond acceptors (Lipinski definition) is 7. The van der Waals surface area contributed by atoms with E-state index in [0.717, 1.165) is 48.3 Å². The third-order valence-electron chi connectivity index (χ3n) is 4.91. The Balaban J connectivity index is 1.42. The summed E-state index contributed by atoms with van der Waals surface area (Å²) in [5.74, 6) is 2.35. The zero-order valence-electron chi connectivity index (χ0n) is 16.1. The van der Waals surface area contributed by atoms with Crippen molar-refractivity contribution < 1.29 is 4.42 Å². The molecule has 1 aliphatic heterocycles. The van der Waals surface area contributed by atoms with Gasteiger partial charge in [0.05, 0.1) is 16.5 Å². The fourth-order valence-corrected chi connectivity index (χ4v) is 4.45. The second kappa shape index (κ2) is 8.49. The van der Waals surface area contributed by atoms with E-state index in [1.807, 2.05) is 59.2 Å². The first-order valence-corrected chi connectivity index (χ1v) is 11.1. The predicted molar refractivity (Wildman–Crippen MR) is 117 cm³/mol. The van der Waals surface area contributed by atoms with Crippen LogP contribution in [-0.4, -0.2) is 38.1 Å². The molecule has 4 aromatic rings. The SMILES string of the molecule is Clc1ccccc1-n1c(SCc2nnc(-c3ccccc3)o2)nnc1N1CCCC1. The van der Waals surface area contributed by atoms with Gasteiger partial charge in [0, 0.05) is 18.7 Å². The number of para-hydroxylation sites is 1. The highest BCUT2D eigenvalue weighted by molar-refractivity contribution is 7.98. The molecule has 1 saturated heterocycles. The van der Waals surface area contributed by atoms with Crippen LogP contribution in [0.4, 0.5) is 5.95 Å². The lowest BCUT2D eigenvalue weighted by Crippen LogP contribution is -2.22. The summed E-state index contributed by atoms with van der Waals surface area (Å²) >= 11 is 8.01. The van der Waals surface area contributed by atoms with Gasteiger partial charge in [0.1, 0.15) is 0 Å². The Hall–Kier alpha value is -2.84. The minimum atomic E-state index is 0.489. The molecule has 1 aliphatic rings. The first kappa shape index (κ1) is 19.1. The summed E-state index contributed by atoms with van der Waals surface area (Å²) in [4.78, 5) is 2.25. The molecule has 0 atom stereocenters. The van der Waals surface area contributed by atoms with E-state index in [-0.39, 0.29) is 0 Å². The highest BCUT2D eigenvalue weighted by Crippen LogP contribution is 2.33. The van der Waals surface area contributed by atoms with E-state index < -0.39 is 0 Å². The lowest BCUT2D eigenvalue weighted by molar-refractivity contribution is 0.528. The van der Waals surface area contributed by atoms with Crippen molar-refractivity contribution in [3.8, 4) is 17.1 Å². The lowest BCUT2D eigenvalue weighted by Gasteiger charge is -2.18. The first-order valence-electron chi connectivity index (χ1n) is 9.75. The standard InChI is InChI=1S/C21H19ClN6OS/c22-16-10-4-5-11-17(16)28-20(27-12-6-7-13-27)25-26-21(28)30-14-18-23-24-19(29-18)15-8-2-1-3-9-15/h1-5,8-11H,6-7,12-14H2. The molecule has 2 aromatic carbocycles. The predicted octanol–water partition coefficient (Wildman–Crippen LogP) is 4.86. The van der Waals surface area contributed by atoms with Crippen molar-refractivity contribution in [1.29, 1.82) is 0 Å². The molecule has 0 spiro atoms. The highest BCUT2D eigenvalue weighted by Gasteiger charge is 2.24. The molecular weight excluding hydrogens is 420 g/mol. The second-order valence-corrected chi connectivity index (χ2v) is 8.27. The Morgan fingerprint density at radius 2 is 1.67 bits per heavy atom. The molecule has 0 radical (unpaired) electrons. The second-order valence-electron chi connectivity index (χ2n) is 6.92. The van der Waals surface area contributed by atoms with Crippen molar-refractivity contribution in [2.75, 3.05) is 18.0 Å². The van der Waals surface area contributed by atoms with E-state index >= 15 is 0 Å². The van der Waals surface area contributed by atoms with Gasteiger partial charge < -0.3 is 9.32 Å². The Kier molecular flexibility index (Phi) is 5.42. The van der Waals surface area contributed by atoms with Crippen LogP contribution in [0.3, 0.4) is 0 Å². The van der Waals surface area contributed by atoms with Crippen LogP contribution in [0.1, 0.15) is 18.7 Å². The number of aromatic nitrogens is 5. The third-order valence-corrected chi connectivity index (χ3v) is 6.14. The molecule has 7 nitrogen and oxygen atoms in total. The average molecular weight is 439 g/mol. The van der Waals surface area contributed by atoms with Gasteiger partial charge in [0.25, 0.3) is 0 Å². The normalized spacial score (nSPS) is 13.8. The van der Waals surface area contributed by atoms with Gasteiger partial charge in [-0.3, -0.25) is 4.57 Å². The fraction of sp³-hybridized carbons (Fsp3) is 0.238. The number of thioether (sulfide) groups is 1. The largest absolute Gasteiger partial charge is 0.420 e. The third kappa shape index (κ3) is 3.80. The maximum Gasteiger partial charge on any atom is 0.247 e. The van der Waals surface area contributed by atoms with E-state index in [1.165, 1.54) is 11.8 Å². The van der Waals surface area contributed by atoms with Crippen LogP contribution in [0.2, 0.25) is 5.02 Å². The monoisotopic (exact) mass is 438 g/mol. The van der Waals surface area contributed by atoms with Gasteiger partial charge in [0.2, 0.25) is 17.7 Å². The molecular formula is C21H19ClN6OS. The van der Waals surface area contributed by atoms with Gasteiger partial charge in [0.15, 0.2) is 5.16 Å². The zero-order chi connectivity index (χ0) is 20.3. The maximum absolute atomic E-state index is 6.51. The van der Waals surface area contributed by atoms with Gasteiger partial charge in [-0.25, -0.2) is 0 Å². The lowest BCUT2D eigenvalue weighted by atomic mass is 10.2. The summed E-state index contributed by atoms with van der Waals surface area (Å²) in [5, 5.41) is 18.7. The van der Waals surface area contributed by atoms with Crippen LogP contribution in [0.25, 0.3) is 17.1 Å². The molecule has 152 valence electrons. The summed E-state index contributed by atoms with van der Waals surface area (Å²) in [7, 11) is 0. The van der Waals surface area contributed by atoms with Gasteiger partial charge in [-0.05, 0) is 37.1 Å². The van der Waals surface area contributed by atoms with E-state index in [2.05, 4.69) is 25.3 Å². The van der Waals surface area contributed by atoms with Crippen molar-refractivity contribution >= 4 is 29.3 Å². The van der Waals surface area contributed by atoms with Crippen LogP contribution in [0.15, 0.2) is 64.2 Å². The first-order chi connectivity index (χ1) is 14.8. The number of halogens is 1. The summed E-state index contributed by atoms with van der Waals surface area (Å²) in [6, 6.07) is 17.5. The summed E-state index contributed by atoms with van der Waals surface area (Å²) in [6.07, 6.45) is 2.31. The van der Waals surface area contributed by atoms with Crippen molar-refractivity contribution in [3.63, 3.8) is 0 Å². The van der Waals surface area contributed by atoms with Crippen molar-refractivity contribution in [1.82, 2.24) is 25.0 Å². The molecule has 5 rings (SSSR count). The molecule has 3 heterocycles. The Bertz CT molecular complexity index is 1140. The van der Waals surface area contributed by atoms with Crippen LogP contribution >= 0.6 is 23.4 Å². The number of hydrogen-bond donors (Lipinski definition) is 0. The number of benzene rings is 2. The Morgan fingerprint density at radius 1 is 0.900 bits per heavy atom. The molecule has 30 heavy (non-hydrogen) atoms.